The van der Waals surface area contributed by atoms with Gasteiger partial charge in [0.1, 0.15) is 17.2 Å². The summed E-state index contributed by atoms with van der Waals surface area (Å²) in [5.74, 6) is 1.34. The molecule has 220 valence electrons. The Labute approximate surface area is 241 Å². The van der Waals surface area contributed by atoms with Crippen molar-refractivity contribution >= 4 is 33.7 Å². The normalized spacial score (nSPS) is 20.4. The van der Waals surface area contributed by atoms with Crippen molar-refractivity contribution in [2.24, 2.45) is 5.41 Å². The number of hydrogen-bond acceptors (Lipinski definition) is 7. The molecule has 0 bridgehead atoms. The Morgan fingerprint density at radius 2 is 1.98 bits per heavy atom. The summed E-state index contributed by atoms with van der Waals surface area (Å²) in [6, 6.07) is 5.79. The second-order valence-electron chi connectivity index (χ2n) is 11.8. The Bertz CT molecular complexity index is 1660. The fourth-order valence-electron chi connectivity index (χ4n) is 6.62. The number of piperidine rings is 1. The zero-order valence-electron chi connectivity index (χ0n) is 23.5. The fraction of sp³-hybridized carbons (Fsp3) is 0.452. The average molecular weight is 579 g/mol. The number of H-pyrrole nitrogens is 1. The minimum atomic E-state index is -4.54. The van der Waals surface area contributed by atoms with Crippen LogP contribution in [0.2, 0.25) is 0 Å². The molecule has 1 spiro atoms. The second-order valence-corrected chi connectivity index (χ2v) is 11.8. The van der Waals surface area contributed by atoms with Crippen molar-refractivity contribution in [3.8, 4) is 16.9 Å². The van der Waals surface area contributed by atoms with E-state index in [-0.39, 0.29) is 11.7 Å². The van der Waals surface area contributed by atoms with Gasteiger partial charge in [0.05, 0.1) is 18.3 Å². The van der Waals surface area contributed by atoms with Crippen LogP contribution in [-0.2, 0) is 4.74 Å². The fourth-order valence-corrected chi connectivity index (χ4v) is 6.62. The molecular formula is C31H33F3N6O2. The van der Waals surface area contributed by atoms with Gasteiger partial charge in [-0.2, -0.15) is 18.3 Å². The van der Waals surface area contributed by atoms with E-state index in [0.29, 0.717) is 46.5 Å². The maximum absolute atomic E-state index is 13.7. The quantitative estimate of drug-likeness (QED) is 0.301. The Morgan fingerprint density at radius 3 is 2.64 bits per heavy atom. The molecule has 3 fully saturated rings. The zero-order valence-corrected chi connectivity index (χ0v) is 23.5. The third-order valence-electron chi connectivity index (χ3n) is 9.07. The number of nitrogens with one attached hydrogen (secondary N) is 2. The lowest BCUT2D eigenvalue weighted by Gasteiger charge is -2.48. The van der Waals surface area contributed by atoms with Crippen LogP contribution in [0.1, 0.15) is 42.1 Å². The van der Waals surface area contributed by atoms with Crippen molar-refractivity contribution in [2.45, 2.75) is 38.3 Å². The average Bonchev–Trinajstić information content (AvgIpc) is 3.67. The number of halogens is 3. The molecule has 42 heavy (non-hydrogen) atoms. The lowest BCUT2D eigenvalue weighted by Crippen LogP contribution is -2.58. The molecule has 0 amide bonds. The van der Waals surface area contributed by atoms with E-state index < -0.39 is 12.8 Å². The predicted octanol–water partition coefficient (Wildman–Crippen LogP) is 5.76. The lowest BCUT2D eigenvalue weighted by atomic mass is 9.73. The van der Waals surface area contributed by atoms with Gasteiger partial charge < -0.3 is 19.7 Å². The van der Waals surface area contributed by atoms with Gasteiger partial charge >= 0.3 is 6.18 Å². The largest absolute Gasteiger partial charge is 0.481 e. The highest BCUT2D eigenvalue weighted by Crippen LogP contribution is 2.47. The van der Waals surface area contributed by atoms with Crippen LogP contribution >= 0.6 is 0 Å². The first-order chi connectivity index (χ1) is 20.3. The summed E-state index contributed by atoms with van der Waals surface area (Å²) < 4.78 is 52.6. The molecule has 2 N–H and O–H groups in total. The van der Waals surface area contributed by atoms with Crippen molar-refractivity contribution < 1.29 is 22.6 Å². The molecule has 0 aliphatic carbocycles. The molecule has 5 heterocycles. The molecule has 1 unspecified atom stereocenters. The first-order valence-corrected chi connectivity index (χ1v) is 14.4. The van der Waals surface area contributed by atoms with E-state index in [0.717, 1.165) is 73.3 Å². The minimum Gasteiger partial charge on any atom is -0.481 e. The van der Waals surface area contributed by atoms with E-state index in [1.165, 1.54) is 0 Å². The maximum Gasteiger partial charge on any atom is 0.422 e. The first kappa shape index (κ1) is 27.2. The molecule has 4 aromatic rings. The first-order valence-electron chi connectivity index (χ1n) is 14.4. The van der Waals surface area contributed by atoms with Crippen LogP contribution in [0.4, 0.5) is 19.0 Å². The molecule has 11 heteroatoms. The Balaban J connectivity index is 1.49. The van der Waals surface area contributed by atoms with Crippen molar-refractivity contribution in [1.29, 1.82) is 0 Å². The molecule has 0 saturated carbocycles. The van der Waals surface area contributed by atoms with Crippen LogP contribution in [0.3, 0.4) is 0 Å². The molecule has 2 aromatic carbocycles. The van der Waals surface area contributed by atoms with Gasteiger partial charge in [0.25, 0.3) is 0 Å². The minimum absolute atomic E-state index is 0.0443. The number of anilines is 1. The van der Waals surface area contributed by atoms with E-state index >= 15 is 0 Å². The number of benzene rings is 2. The topological polar surface area (TPSA) is 88.2 Å². The summed E-state index contributed by atoms with van der Waals surface area (Å²) in [5, 5.41) is 12.0. The third-order valence-corrected chi connectivity index (χ3v) is 9.07. The molecule has 0 radical (unpaired) electrons. The van der Waals surface area contributed by atoms with Gasteiger partial charge in [-0.15, -0.1) is 0 Å². The summed E-state index contributed by atoms with van der Waals surface area (Å²) in [6.45, 7) is 9.27. The van der Waals surface area contributed by atoms with Gasteiger partial charge in [0, 0.05) is 55.0 Å². The van der Waals surface area contributed by atoms with Gasteiger partial charge in [-0.05, 0) is 60.4 Å². The number of rotatable bonds is 6. The highest BCUT2D eigenvalue weighted by atomic mass is 19.4. The van der Waals surface area contributed by atoms with Gasteiger partial charge in [0.15, 0.2) is 12.4 Å². The van der Waals surface area contributed by atoms with Crippen LogP contribution in [0, 0.1) is 12.3 Å². The number of nitrogens with zero attached hydrogens (tertiary/aromatic N) is 4. The second kappa shape index (κ2) is 10.2. The van der Waals surface area contributed by atoms with Crippen molar-refractivity contribution in [3.63, 3.8) is 0 Å². The summed E-state index contributed by atoms with van der Waals surface area (Å²) >= 11 is 0. The van der Waals surface area contributed by atoms with Crippen molar-refractivity contribution in [3.05, 3.63) is 47.9 Å². The summed E-state index contributed by atoms with van der Waals surface area (Å²) in [4.78, 5) is 12.3. The van der Waals surface area contributed by atoms with Gasteiger partial charge in [-0.1, -0.05) is 18.7 Å². The molecule has 1 atom stereocenters. The number of aromatic nitrogens is 4. The van der Waals surface area contributed by atoms with E-state index in [2.05, 4.69) is 27.0 Å². The molecular weight excluding hydrogens is 545 g/mol. The lowest BCUT2D eigenvalue weighted by molar-refractivity contribution is -0.153. The van der Waals surface area contributed by atoms with Crippen molar-refractivity contribution in [1.82, 2.24) is 25.5 Å². The van der Waals surface area contributed by atoms with E-state index in [1.54, 1.807) is 12.3 Å². The molecule has 3 saturated heterocycles. The van der Waals surface area contributed by atoms with Gasteiger partial charge in [-0.25, -0.2) is 9.97 Å². The highest BCUT2D eigenvalue weighted by Gasteiger charge is 2.40. The molecule has 7 rings (SSSR count). The standard InChI is InChI=1S/C31H33F3N6O2/c1-3-19-12-21-26(27(42-17-31(32,33)34)25(19)24-18(2)4-5-23-22(24)13-36-39-23)37-28(20-6-11-41-14-20)38-29(21)40-9-7-30(8-10-40)15-35-16-30/h3-5,12-13,20,35H,1,6-11,14-17H2,2H3,(H,36,39). The summed E-state index contributed by atoms with van der Waals surface area (Å²) in [7, 11) is 0. The summed E-state index contributed by atoms with van der Waals surface area (Å²) in [5.41, 5.74) is 4.24. The Hall–Kier alpha value is -3.70. The molecule has 2 aromatic heterocycles. The number of aromatic amines is 1. The van der Waals surface area contributed by atoms with Gasteiger partial charge in [0.2, 0.25) is 0 Å². The van der Waals surface area contributed by atoms with Crippen LogP contribution < -0.4 is 15.0 Å². The maximum atomic E-state index is 13.7. The Kier molecular flexibility index (Phi) is 6.62. The number of aryl methyl sites for hydroxylation is 1. The van der Waals surface area contributed by atoms with Crippen LogP contribution in [0.15, 0.2) is 31.0 Å². The van der Waals surface area contributed by atoms with Crippen molar-refractivity contribution in [2.75, 3.05) is 50.9 Å². The number of fused-ring (bicyclic) bond motifs is 2. The van der Waals surface area contributed by atoms with E-state index in [9.17, 15) is 13.2 Å². The number of hydrogen-bond donors (Lipinski definition) is 2. The smallest absolute Gasteiger partial charge is 0.422 e. The van der Waals surface area contributed by atoms with Crippen LogP contribution in [0.5, 0.6) is 5.75 Å². The zero-order chi connectivity index (χ0) is 29.1. The highest BCUT2D eigenvalue weighted by molar-refractivity contribution is 6.07. The number of alkyl halides is 3. The van der Waals surface area contributed by atoms with Crippen LogP contribution in [0.25, 0.3) is 39.0 Å². The third kappa shape index (κ3) is 4.68. The molecule has 8 nitrogen and oxygen atoms in total. The predicted molar refractivity (Wildman–Crippen MR) is 156 cm³/mol. The molecule has 3 aliphatic heterocycles. The number of ether oxygens (including phenoxy) is 2. The summed E-state index contributed by atoms with van der Waals surface area (Å²) in [6.07, 6.45) is 1.62. The monoisotopic (exact) mass is 578 g/mol. The molecule has 3 aliphatic rings. The van der Waals surface area contributed by atoms with Gasteiger partial charge in [-0.3, -0.25) is 5.10 Å². The SMILES string of the molecule is C=Cc1cc2c(N3CCC4(CC3)CNC4)nc(C3CCOC3)nc2c(OCC(F)(F)F)c1-c1c(C)ccc2[nH]ncc12. The van der Waals surface area contributed by atoms with Crippen LogP contribution in [-0.4, -0.2) is 72.3 Å². The van der Waals surface area contributed by atoms with E-state index in [1.807, 2.05) is 25.1 Å². The Morgan fingerprint density at radius 1 is 1.17 bits per heavy atom. The van der Waals surface area contributed by atoms with E-state index in [4.69, 9.17) is 19.4 Å².